The average Bonchev–Trinajstić information content (AvgIpc) is 2.59. The number of nitrogens with one attached hydrogen (secondary N) is 2. The lowest BCUT2D eigenvalue weighted by Gasteiger charge is -2.11. The van der Waals surface area contributed by atoms with Crippen molar-refractivity contribution < 1.29 is 9.53 Å². The Hall–Kier alpha value is -1.85. The number of ether oxygens (including phenoxy) is 1. The lowest BCUT2D eigenvalue weighted by molar-refractivity contribution is 0.240. The molecular weight excluding hydrogens is 332 g/mol. The Morgan fingerprint density at radius 1 is 1.13 bits per heavy atom. The molecule has 0 aromatic heterocycles. The largest absolute Gasteiger partial charge is 0.496 e. The van der Waals surface area contributed by atoms with E-state index in [0.717, 1.165) is 11.1 Å². The second-order valence-electron chi connectivity index (χ2n) is 4.84. The lowest BCUT2D eigenvalue weighted by Crippen LogP contribution is -2.34. The zero-order chi connectivity index (χ0) is 16.7. The molecule has 0 atom stereocenters. The van der Waals surface area contributed by atoms with Crippen LogP contribution in [0.25, 0.3) is 0 Å². The monoisotopic (exact) mass is 350 g/mol. The van der Waals surface area contributed by atoms with Gasteiger partial charge in [-0.05, 0) is 36.1 Å². The molecule has 0 aliphatic heterocycles. The van der Waals surface area contributed by atoms with Gasteiger partial charge in [-0.25, -0.2) is 4.79 Å². The van der Waals surface area contributed by atoms with Crippen LogP contribution < -0.4 is 15.4 Å². The Balaban J connectivity index is 1.83. The molecule has 0 radical (unpaired) electrons. The zero-order valence-electron chi connectivity index (χ0n) is 13.1. The number of urea groups is 1. The van der Waals surface area contributed by atoms with Gasteiger partial charge in [0.25, 0.3) is 0 Å². The number of halogens is 1. The third-order valence-corrected chi connectivity index (χ3v) is 4.28. The first-order valence-corrected chi connectivity index (χ1v) is 8.69. The van der Waals surface area contributed by atoms with Gasteiger partial charge in [0.15, 0.2) is 0 Å². The van der Waals surface area contributed by atoms with Crippen LogP contribution in [-0.4, -0.2) is 19.4 Å². The maximum Gasteiger partial charge on any atom is 0.315 e. The van der Waals surface area contributed by atoms with E-state index in [2.05, 4.69) is 10.6 Å². The molecule has 2 amide bonds. The quantitative estimate of drug-likeness (QED) is 0.772. The number of rotatable bonds is 6. The molecule has 0 aliphatic carbocycles. The molecule has 0 aliphatic rings. The Kier molecular flexibility index (Phi) is 6.62. The molecule has 6 heteroatoms. The first kappa shape index (κ1) is 17.5. The van der Waals surface area contributed by atoms with Crippen molar-refractivity contribution >= 4 is 29.4 Å². The van der Waals surface area contributed by atoms with Crippen LogP contribution >= 0.6 is 23.4 Å². The van der Waals surface area contributed by atoms with Gasteiger partial charge in [0.1, 0.15) is 5.75 Å². The minimum absolute atomic E-state index is 0.226. The molecule has 0 bridgehead atoms. The first-order valence-electron chi connectivity index (χ1n) is 7.09. The normalized spacial score (nSPS) is 10.2. The van der Waals surface area contributed by atoms with Gasteiger partial charge < -0.3 is 15.4 Å². The highest BCUT2D eigenvalue weighted by molar-refractivity contribution is 7.98. The van der Waals surface area contributed by atoms with E-state index in [1.54, 1.807) is 31.0 Å². The molecule has 122 valence electrons. The van der Waals surface area contributed by atoms with Gasteiger partial charge in [-0.2, -0.15) is 0 Å². The summed E-state index contributed by atoms with van der Waals surface area (Å²) in [5.41, 5.74) is 1.93. The molecule has 2 aromatic carbocycles. The fraction of sp³-hybridized carbons (Fsp3) is 0.235. The molecule has 23 heavy (non-hydrogen) atoms. The summed E-state index contributed by atoms with van der Waals surface area (Å²) in [5.74, 6) is 0.658. The number of hydrogen-bond donors (Lipinski definition) is 2. The number of hydrogen-bond acceptors (Lipinski definition) is 3. The highest BCUT2D eigenvalue weighted by atomic mass is 35.5. The topological polar surface area (TPSA) is 50.4 Å². The number of methoxy groups -OCH3 is 1. The summed E-state index contributed by atoms with van der Waals surface area (Å²) in [4.78, 5) is 13.1. The van der Waals surface area contributed by atoms with Crippen molar-refractivity contribution in [3.8, 4) is 5.75 Å². The van der Waals surface area contributed by atoms with Crippen molar-refractivity contribution in [2.45, 2.75) is 18.0 Å². The summed E-state index contributed by atoms with van der Waals surface area (Å²) in [6.07, 6.45) is 2.03. The van der Waals surface area contributed by atoms with Crippen LogP contribution in [0.15, 0.2) is 47.4 Å². The van der Waals surface area contributed by atoms with Crippen LogP contribution in [0.3, 0.4) is 0 Å². The lowest BCUT2D eigenvalue weighted by atomic mass is 10.2. The Labute approximate surface area is 145 Å². The van der Waals surface area contributed by atoms with Crippen LogP contribution in [0.1, 0.15) is 11.1 Å². The molecule has 0 saturated carbocycles. The van der Waals surface area contributed by atoms with Gasteiger partial charge in [-0.15, -0.1) is 11.8 Å². The summed E-state index contributed by atoms with van der Waals surface area (Å²) in [6, 6.07) is 13.2. The number of benzene rings is 2. The van der Waals surface area contributed by atoms with E-state index in [-0.39, 0.29) is 6.03 Å². The highest BCUT2D eigenvalue weighted by Gasteiger charge is 2.06. The second-order valence-corrected chi connectivity index (χ2v) is 6.16. The van der Waals surface area contributed by atoms with Crippen LogP contribution in [-0.2, 0) is 13.1 Å². The van der Waals surface area contributed by atoms with Crippen LogP contribution in [0.5, 0.6) is 5.75 Å². The third-order valence-electron chi connectivity index (χ3n) is 3.30. The standard InChI is InChI=1S/C17H19ClN2O2S/c1-22-16-9-14(18)6-5-13(16)11-20-17(21)19-10-12-3-7-15(23-2)8-4-12/h3-9H,10-11H2,1-2H3,(H2,19,20,21). The maximum atomic E-state index is 11.9. The summed E-state index contributed by atoms with van der Waals surface area (Å²) in [5, 5.41) is 6.24. The number of carbonyl (C=O) groups is 1. The fourth-order valence-electron chi connectivity index (χ4n) is 2.03. The Bertz CT molecular complexity index is 662. The van der Waals surface area contributed by atoms with Crippen LogP contribution in [0, 0.1) is 0 Å². The second kappa shape index (κ2) is 8.70. The molecule has 2 N–H and O–H groups in total. The van der Waals surface area contributed by atoms with Crippen molar-refractivity contribution in [3.05, 3.63) is 58.6 Å². The minimum Gasteiger partial charge on any atom is -0.496 e. The number of thioether (sulfide) groups is 1. The van der Waals surface area contributed by atoms with Crippen molar-refractivity contribution in [1.82, 2.24) is 10.6 Å². The van der Waals surface area contributed by atoms with E-state index in [0.29, 0.717) is 23.9 Å². The molecule has 0 saturated heterocycles. The Morgan fingerprint density at radius 3 is 2.48 bits per heavy atom. The van der Waals surface area contributed by atoms with Crippen LogP contribution in [0.2, 0.25) is 5.02 Å². The van der Waals surface area contributed by atoms with E-state index in [9.17, 15) is 4.79 Å². The predicted octanol–water partition coefficient (Wildman–Crippen LogP) is 4.07. The summed E-state index contributed by atoms with van der Waals surface area (Å²) in [7, 11) is 1.58. The summed E-state index contributed by atoms with van der Waals surface area (Å²) in [6.45, 7) is 0.857. The van der Waals surface area contributed by atoms with Gasteiger partial charge in [-0.3, -0.25) is 0 Å². The van der Waals surface area contributed by atoms with Crippen molar-refractivity contribution in [1.29, 1.82) is 0 Å². The molecular formula is C17H19ClN2O2S. The summed E-state index contributed by atoms with van der Waals surface area (Å²) >= 11 is 7.61. The number of amides is 2. The van der Waals surface area contributed by atoms with E-state index in [1.807, 2.05) is 36.6 Å². The maximum absolute atomic E-state index is 11.9. The molecule has 0 unspecified atom stereocenters. The van der Waals surface area contributed by atoms with Crippen molar-refractivity contribution in [2.24, 2.45) is 0 Å². The average molecular weight is 351 g/mol. The molecule has 2 aromatic rings. The van der Waals surface area contributed by atoms with Gasteiger partial charge >= 0.3 is 6.03 Å². The van der Waals surface area contributed by atoms with Gasteiger partial charge in [0.05, 0.1) is 7.11 Å². The van der Waals surface area contributed by atoms with E-state index >= 15 is 0 Å². The molecule has 0 fully saturated rings. The molecule has 2 rings (SSSR count). The van der Waals surface area contributed by atoms with E-state index < -0.39 is 0 Å². The smallest absolute Gasteiger partial charge is 0.315 e. The van der Waals surface area contributed by atoms with Gasteiger partial charge in [0, 0.05) is 28.6 Å². The van der Waals surface area contributed by atoms with Gasteiger partial charge in [0.2, 0.25) is 0 Å². The highest BCUT2D eigenvalue weighted by Crippen LogP contribution is 2.22. The SMILES string of the molecule is COc1cc(Cl)ccc1CNC(=O)NCc1ccc(SC)cc1. The Morgan fingerprint density at radius 2 is 1.83 bits per heavy atom. The van der Waals surface area contributed by atoms with Crippen molar-refractivity contribution in [2.75, 3.05) is 13.4 Å². The molecule has 0 spiro atoms. The fourth-order valence-corrected chi connectivity index (χ4v) is 2.60. The van der Waals surface area contributed by atoms with E-state index in [1.165, 1.54) is 4.90 Å². The predicted molar refractivity (Wildman–Crippen MR) is 95.3 cm³/mol. The third kappa shape index (κ3) is 5.37. The zero-order valence-corrected chi connectivity index (χ0v) is 14.6. The number of carbonyl (C=O) groups excluding carboxylic acids is 1. The molecule has 0 heterocycles. The summed E-state index contributed by atoms with van der Waals surface area (Å²) < 4.78 is 5.25. The van der Waals surface area contributed by atoms with Gasteiger partial charge in [-0.1, -0.05) is 29.8 Å². The first-order chi connectivity index (χ1) is 11.1. The van der Waals surface area contributed by atoms with Crippen molar-refractivity contribution in [3.63, 3.8) is 0 Å². The minimum atomic E-state index is -0.226. The molecule has 4 nitrogen and oxygen atoms in total. The van der Waals surface area contributed by atoms with E-state index in [4.69, 9.17) is 16.3 Å². The van der Waals surface area contributed by atoms with Crippen LogP contribution in [0.4, 0.5) is 4.79 Å².